The summed E-state index contributed by atoms with van der Waals surface area (Å²) in [6, 6.07) is 3.70. The van der Waals surface area contributed by atoms with Gasteiger partial charge in [-0.1, -0.05) is 26.2 Å². The van der Waals surface area contributed by atoms with Gasteiger partial charge >= 0.3 is 11.9 Å². The van der Waals surface area contributed by atoms with Crippen LogP contribution < -0.4 is 0 Å². The smallest absolute Gasteiger partial charge is 0.337 e. The number of hydrogen-bond donors (Lipinski definition) is 0. The summed E-state index contributed by atoms with van der Waals surface area (Å²) in [7, 11) is -1.47. The lowest BCUT2D eigenvalue weighted by atomic mass is 9.95. The summed E-state index contributed by atoms with van der Waals surface area (Å²) in [5.41, 5.74) is -0.0117. The van der Waals surface area contributed by atoms with Gasteiger partial charge in [-0.3, -0.25) is 0 Å². The third-order valence-corrected chi connectivity index (χ3v) is 6.65. The molecule has 0 amide bonds. The van der Waals surface area contributed by atoms with E-state index in [2.05, 4.69) is 9.47 Å². The molecule has 0 saturated heterocycles. The van der Waals surface area contributed by atoms with Crippen LogP contribution in [-0.2, 0) is 19.5 Å². The van der Waals surface area contributed by atoms with E-state index in [1.165, 1.54) is 36.7 Å². The Balaban J connectivity index is 2.52. The Morgan fingerprint density at radius 1 is 1.00 bits per heavy atom. The molecule has 1 fully saturated rings. The summed E-state index contributed by atoms with van der Waals surface area (Å²) < 4.78 is 37.2. The van der Waals surface area contributed by atoms with Gasteiger partial charge in [0, 0.05) is 12.6 Å². The Bertz CT molecular complexity index is 734. The van der Waals surface area contributed by atoms with Gasteiger partial charge < -0.3 is 9.47 Å². The number of methoxy groups -OCH3 is 2. The average molecular weight is 383 g/mol. The topological polar surface area (TPSA) is 90.0 Å². The highest BCUT2D eigenvalue weighted by molar-refractivity contribution is 7.89. The number of sulfonamides is 1. The maximum Gasteiger partial charge on any atom is 0.337 e. The molecule has 0 aliphatic heterocycles. The van der Waals surface area contributed by atoms with Crippen LogP contribution in [0, 0.1) is 0 Å². The summed E-state index contributed by atoms with van der Waals surface area (Å²) in [6.45, 7) is 2.11. The molecule has 1 aliphatic rings. The third-order valence-electron chi connectivity index (χ3n) is 4.65. The van der Waals surface area contributed by atoms with Crippen LogP contribution in [0.4, 0.5) is 0 Å². The van der Waals surface area contributed by atoms with E-state index in [0.717, 1.165) is 32.1 Å². The molecule has 0 aromatic heterocycles. The summed E-state index contributed by atoms with van der Waals surface area (Å²) in [5.74, 6) is -1.43. The van der Waals surface area contributed by atoms with Crippen molar-refractivity contribution in [3.63, 3.8) is 0 Å². The lowest BCUT2D eigenvalue weighted by Gasteiger charge is -2.32. The molecule has 0 unspecified atom stereocenters. The summed E-state index contributed by atoms with van der Waals surface area (Å²) >= 11 is 0. The van der Waals surface area contributed by atoms with Crippen molar-refractivity contribution in [1.82, 2.24) is 4.31 Å². The van der Waals surface area contributed by atoms with Gasteiger partial charge in [-0.25, -0.2) is 18.0 Å². The first kappa shape index (κ1) is 20.4. The molecule has 0 heterocycles. The zero-order chi connectivity index (χ0) is 19.3. The predicted molar refractivity (Wildman–Crippen MR) is 95.6 cm³/mol. The second-order valence-corrected chi connectivity index (χ2v) is 8.12. The van der Waals surface area contributed by atoms with Gasteiger partial charge in [0.05, 0.1) is 30.2 Å². The van der Waals surface area contributed by atoms with Crippen LogP contribution in [0.25, 0.3) is 0 Å². The molecule has 1 aromatic rings. The van der Waals surface area contributed by atoms with Crippen molar-refractivity contribution >= 4 is 22.0 Å². The Hall–Kier alpha value is -1.93. The fraction of sp³-hybridized carbons (Fsp3) is 0.556. The maximum absolute atomic E-state index is 13.2. The van der Waals surface area contributed by atoms with Gasteiger partial charge in [0.25, 0.3) is 0 Å². The molecule has 1 aromatic carbocycles. The molecule has 0 bridgehead atoms. The highest BCUT2D eigenvalue weighted by Crippen LogP contribution is 2.28. The highest BCUT2D eigenvalue weighted by Gasteiger charge is 2.32. The van der Waals surface area contributed by atoms with Crippen LogP contribution >= 0.6 is 0 Å². The lowest BCUT2D eigenvalue weighted by Crippen LogP contribution is -2.41. The van der Waals surface area contributed by atoms with Crippen LogP contribution in [0.15, 0.2) is 23.1 Å². The van der Waals surface area contributed by atoms with E-state index in [0.29, 0.717) is 6.54 Å². The Labute approximate surface area is 154 Å². The second kappa shape index (κ2) is 8.64. The Kier molecular flexibility index (Phi) is 6.77. The number of benzene rings is 1. The average Bonchev–Trinajstić information content (AvgIpc) is 2.67. The minimum atomic E-state index is -3.86. The monoisotopic (exact) mass is 383 g/mol. The highest BCUT2D eigenvalue weighted by atomic mass is 32.2. The van der Waals surface area contributed by atoms with Crippen molar-refractivity contribution in [3.05, 3.63) is 29.3 Å². The van der Waals surface area contributed by atoms with Crippen molar-refractivity contribution in [2.45, 2.75) is 50.0 Å². The van der Waals surface area contributed by atoms with Crippen molar-refractivity contribution in [2.24, 2.45) is 0 Å². The van der Waals surface area contributed by atoms with Gasteiger partial charge in [-0.15, -0.1) is 0 Å². The van der Waals surface area contributed by atoms with E-state index < -0.39 is 22.0 Å². The molecular weight excluding hydrogens is 358 g/mol. The fourth-order valence-electron chi connectivity index (χ4n) is 3.35. The van der Waals surface area contributed by atoms with Crippen LogP contribution in [0.2, 0.25) is 0 Å². The Morgan fingerprint density at radius 2 is 1.50 bits per heavy atom. The quantitative estimate of drug-likeness (QED) is 0.702. The predicted octanol–water partition coefficient (Wildman–Crippen LogP) is 2.60. The van der Waals surface area contributed by atoms with Gasteiger partial charge in [0.2, 0.25) is 10.0 Å². The first-order valence-corrected chi connectivity index (χ1v) is 10.1. The molecule has 0 spiro atoms. The van der Waals surface area contributed by atoms with Crippen LogP contribution in [0.1, 0.15) is 59.7 Å². The minimum Gasteiger partial charge on any atom is -0.465 e. The SMILES string of the molecule is CCN(C1CCCCC1)S(=O)(=O)c1cc(C(=O)OC)cc(C(=O)OC)c1. The normalized spacial score (nSPS) is 15.7. The maximum atomic E-state index is 13.2. The third kappa shape index (κ3) is 4.24. The number of hydrogen-bond acceptors (Lipinski definition) is 6. The van der Waals surface area contributed by atoms with Crippen LogP contribution in [-0.4, -0.2) is 51.5 Å². The van der Waals surface area contributed by atoms with Crippen molar-refractivity contribution in [3.8, 4) is 0 Å². The second-order valence-electron chi connectivity index (χ2n) is 6.23. The van der Waals surface area contributed by atoms with Crippen molar-refractivity contribution < 1.29 is 27.5 Å². The minimum absolute atomic E-state index is 0.00586. The van der Waals surface area contributed by atoms with Crippen molar-refractivity contribution in [1.29, 1.82) is 0 Å². The van der Waals surface area contributed by atoms with Crippen LogP contribution in [0.5, 0.6) is 0 Å². The molecule has 0 radical (unpaired) electrons. The van der Waals surface area contributed by atoms with E-state index in [1.807, 2.05) is 0 Å². The molecule has 2 rings (SSSR count). The van der Waals surface area contributed by atoms with Crippen molar-refractivity contribution in [2.75, 3.05) is 20.8 Å². The Morgan fingerprint density at radius 3 is 1.92 bits per heavy atom. The van der Waals surface area contributed by atoms with E-state index in [-0.39, 0.29) is 22.1 Å². The number of carbonyl (C=O) groups is 2. The number of rotatable bonds is 6. The molecule has 144 valence electrons. The zero-order valence-electron chi connectivity index (χ0n) is 15.4. The van der Waals surface area contributed by atoms with Gasteiger partial charge in [0.15, 0.2) is 0 Å². The summed E-state index contributed by atoms with van der Waals surface area (Å²) in [4.78, 5) is 23.7. The van der Waals surface area contributed by atoms with Crippen LogP contribution in [0.3, 0.4) is 0 Å². The van der Waals surface area contributed by atoms with E-state index >= 15 is 0 Å². The van der Waals surface area contributed by atoms with E-state index in [9.17, 15) is 18.0 Å². The van der Waals surface area contributed by atoms with Gasteiger partial charge in [-0.05, 0) is 31.0 Å². The van der Waals surface area contributed by atoms with Gasteiger partial charge in [-0.2, -0.15) is 4.31 Å². The molecule has 8 heteroatoms. The fourth-order valence-corrected chi connectivity index (χ4v) is 5.11. The molecule has 1 saturated carbocycles. The number of ether oxygens (including phenoxy) is 2. The summed E-state index contributed by atoms with van der Waals surface area (Å²) in [5, 5.41) is 0. The standard InChI is InChI=1S/C18H25NO6S/c1-4-19(15-8-6-5-7-9-15)26(22,23)16-11-13(17(20)24-2)10-14(12-16)18(21)25-3/h10-12,15H,4-9H2,1-3H3. The summed E-state index contributed by atoms with van der Waals surface area (Å²) in [6.07, 6.45) is 4.72. The molecule has 7 nitrogen and oxygen atoms in total. The molecule has 0 N–H and O–H groups in total. The molecule has 1 aliphatic carbocycles. The first-order valence-electron chi connectivity index (χ1n) is 8.68. The number of nitrogens with zero attached hydrogens (tertiary/aromatic N) is 1. The van der Waals surface area contributed by atoms with E-state index in [1.54, 1.807) is 6.92 Å². The van der Waals surface area contributed by atoms with Gasteiger partial charge in [0.1, 0.15) is 0 Å². The molecule has 0 atom stereocenters. The van der Waals surface area contributed by atoms with E-state index in [4.69, 9.17) is 0 Å². The zero-order valence-corrected chi connectivity index (χ0v) is 16.2. The number of esters is 2. The number of carbonyl (C=O) groups excluding carboxylic acids is 2. The molecular formula is C18H25NO6S. The molecule has 26 heavy (non-hydrogen) atoms. The largest absolute Gasteiger partial charge is 0.465 e. The lowest BCUT2D eigenvalue weighted by molar-refractivity contribution is 0.0598. The first-order chi connectivity index (χ1) is 12.3.